The van der Waals surface area contributed by atoms with Gasteiger partial charge in [-0.25, -0.2) is 18.4 Å². The molecule has 32 nitrogen and oxygen atoms in total. The van der Waals surface area contributed by atoms with Crippen molar-refractivity contribution in [1.82, 2.24) is 49.8 Å². The lowest BCUT2D eigenvalue weighted by molar-refractivity contribution is -0.149. The molecule has 604 valence electrons. The molecule has 11 N–H and O–H groups in total. The molecule has 0 aromatic heterocycles. The lowest BCUT2D eigenvalue weighted by Crippen LogP contribution is -2.52. The molecular formula is C77H106N14O18S2. The van der Waals surface area contributed by atoms with Gasteiger partial charge in [0.25, 0.3) is 0 Å². The van der Waals surface area contributed by atoms with Gasteiger partial charge < -0.3 is 95.8 Å². The van der Waals surface area contributed by atoms with E-state index in [2.05, 4.69) is 10.6 Å². The van der Waals surface area contributed by atoms with E-state index in [0.717, 1.165) is 5.56 Å². The van der Waals surface area contributed by atoms with E-state index >= 15 is 24.0 Å². The van der Waals surface area contributed by atoms with Crippen molar-refractivity contribution in [3.8, 4) is 23.0 Å². The Balaban J connectivity index is 1.20. The SMILES string of the molecule is COCCNCC(=O)N(CCc1ccc(S(N)(=O)=O)cc1)CC(=O)N(CCc1ccccc1)CC(=O)N(CC(=O)N(CC(=O)N(CC(=O)N(CCCCN)CC(=O)N(CCCCN)CC(=O)N(CCCCN)CC(=O)NC(CCSC)C(=O)O)Cc1ccc2c(c1)OCO2)Cc1ccccc1)Cc1ccc2c(c1)OCO2. The highest BCUT2D eigenvalue weighted by Gasteiger charge is 2.33. The van der Waals surface area contributed by atoms with Crippen molar-refractivity contribution in [2.75, 3.05) is 157 Å². The molecule has 5 aromatic carbocycles. The number of ether oxygens (including phenoxy) is 5. The maximum absolute atomic E-state index is 15.6. The zero-order valence-corrected chi connectivity index (χ0v) is 64.9. The minimum absolute atomic E-state index is 0.000322. The molecule has 1 atom stereocenters. The van der Waals surface area contributed by atoms with Crippen LogP contribution in [0, 0.1) is 0 Å². The third kappa shape index (κ3) is 30.0. The van der Waals surface area contributed by atoms with Gasteiger partial charge in [-0.15, -0.1) is 0 Å². The van der Waals surface area contributed by atoms with Gasteiger partial charge in [0.2, 0.25) is 76.8 Å². The second-order valence-corrected chi connectivity index (χ2v) is 29.3. The van der Waals surface area contributed by atoms with E-state index in [-0.39, 0.29) is 110 Å². The van der Waals surface area contributed by atoms with Gasteiger partial charge >= 0.3 is 5.97 Å². The number of hydrogen-bond acceptors (Lipinski definition) is 22. The summed E-state index contributed by atoms with van der Waals surface area (Å²) < 4.78 is 52.0. The van der Waals surface area contributed by atoms with Crippen LogP contribution in [0.1, 0.15) is 72.8 Å². The third-order valence-electron chi connectivity index (χ3n) is 18.4. The number of fused-ring (bicyclic) bond motifs is 2. The normalized spacial score (nSPS) is 12.2. The molecule has 2 heterocycles. The van der Waals surface area contributed by atoms with E-state index in [1.54, 1.807) is 85.1 Å². The monoisotopic (exact) mass is 1580 g/mol. The molecule has 5 aromatic rings. The standard InChI is InChI=1S/C77H106N14O18S2/c1-105-39-33-82-43-69(93)87(37-28-58-19-23-62(24-20-58)111(81,103)104)50-72(96)88(38-27-57-15-5-3-6-16-57)51-74(98)91(46-61-22-26-65-67(42-61)109-56-107-65)54-75(99)89(44-59-17-7-4-8-18-59)53-76(100)90(45-60-21-25-64-66(41-60)108-55-106-64)52-73(97)86(36-14-11-32-80)49-71(95)85(35-13-10-31-79)48-70(94)84(34-12-9-30-78)47-68(92)83-63(77(101)102)29-40-110-2/h3-8,15-26,41-42,63,82H,9-14,27-40,43-56,78-80H2,1-2H3,(H,83,92)(H,101,102)(H2,81,103,104). The molecule has 7 rings (SSSR count). The number of sulfonamides is 1. The first-order valence-electron chi connectivity index (χ1n) is 37.0. The zero-order chi connectivity index (χ0) is 80.1. The average Bonchev–Trinajstić information content (AvgIpc) is 1.69. The van der Waals surface area contributed by atoms with Gasteiger partial charge in [-0.2, -0.15) is 11.8 Å². The topological polar surface area (TPSA) is 425 Å². The number of amides is 9. The quantitative estimate of drug-likeness (QED) is 0.0272. The first-order chi connectivity index (χ1) is 53.5. The number of carboxylic acids is 1. The summed E-state index contributed by atoms with van der Waals surface area (Å²) in [6.07, 6.45) is 4.89. The van der Waals surface area contributed by atoms with Crippen LogP contribution in [0.3, 0.4) is 0 Å². The van der Waals surface area contributed by atoms with Crippen LogP contribution in [-0.4, -0.2) is 275 Å². The van der Waals surface area contributed by atoms with Crippen LogP contribution in [0.25, 0.3) is 0 Å². The molecule has 2 aliphatic rings. The number of hydrogen-bond donors (Lipinski definition) is 7. The lowest BCUT2D eigenvalue weighted by atomic mass is 10.1. The number of unbranched alkanes of at least 4 members (excludes halogenated alkanes) is 3. The molecule has 0 bridgehead atoms. The van der Waals surface area contributed by atoms with Gasteiger partial charge in [-0.3, -0.25) is 43.2 Å². The smallest absolute Gasteiger partial charge is 0.326 e. The fourth-order valence-corrected chi connectivity index (χ4v) is 13.1. The summed E-state index contributed by atoms with van der Waals surface area (Å²) in [6.45, 7) is -4.17. The Kier molecular flexibility index (Phi) is 37.1. The van der Waals surface area contributed by atoms with E-state index in [0.29, 0.717) is 109 Å². The van der Waals surface area contributed by atoms with Gasteiger partial charge in [0.1, 0.15) is 25.7 Å². The predicted octanol–water partition coefficient (Wildman–Crippen LogP) is 1.58. The number of carbonyl (C=O) groups excluding carboxylic acids is 9. The van der Waals surface area contributed by atoms with Crippen molar-refractivity contribution in [3.05, 3.63) is 149 Å². The molecule has 0 radical (unpaired) electrons. The second-order valence-electron chi connectivity index (χ2n) is 26.8. The highest BCUT2D eigenvalue weighted by molar-refractivity contribution is 7.98. The number of thioether (sulfide) groups is 1. The molecule has 111 heavy (non-hydrogen) atoms. The highest BCUT2D eigenvalue weighted by Crippen LogP contribution is 2.34. The summed E-state index contributed by atoms with van der Waals surface area (Å²) in [5.74, 6) is -5.02. The number of aliphatic carboxylic acids is 1. The number of carboxylic acid groups (broad SMARTS) is 1. The van der Waals surface area contributed by atoms with Crippen molar-refractivity contribution < 1.29 is 85.2 Å². The number of nitrogens with zero attached hydrogens (tertiary/aromatic N) is 8. The molecule has 0 saturated heterocycles. The number of benzene rings is 5. The van der Waals surface area contributed by atoms with E-state index < -0.39 is 128 Å². The summed E-state index contributed by atoms with van der Waals surface area (Å²) in [5, 5.41) is 20.8. The molecule has 0 saturated carbocycles. The largest absolute Gasteiger partial charge is 0.480 e. The van der Waals surface area contributed by atoms with Crippen molar-refractivity contribution >= 4 is 80.9 Å². The van der Waals surface area contributed by atoms with Crippen molar-refractivity contribution in [2.45, 2.75) is 88.4 Å². The van der Waals surface area contributed by atoms with Gasteiger partial charge in [-0.05, 0) is 154 Å². The van der Waals surface area contributed by atoms with Crippen molar-refractivity contribution in [1.29, 1.82) is 0 Å². The minimum Gasteiger partial charge on any atom is -0.480 e. The van der Waals surface area contributed by atoms with Crippen LogP contribution in [-0.2, 0) is 95.2 Å². The van der Waals surface area contributed by atoms with Crippen LogP contribution in [0.2, 0.25) is 0 Å². The number of nitrogens with two attached hydrogens (primary N) is 4. The molecule has 0 aliphatic carbocycles. The summed E-state index contributed by atoms with van der Waals surface area (Å²) in [6, 6.07) is 32.7. The van der Waals surface area contributed by atoms with Crippen LogP contribution in [0.4, 0.5) is 0 Å². The van der Waals surface area contributed by atoms with E-state index in [1.165, 1.54) is 70.2 Å². The highest BCUT2D eigenvalue weighted by atomic mass is 32.2. The molecule has 1 unspecified atom stereocenters. The Morgan fingerprint density at radius 2 is 0.838 bits per heavy atom. The number of rotatable bonds is 51. The Morgan fingerprint density at radius 1 is 0.468 bits per heavy atom. The van der Waals surface area contributed by atoms with E-state index in [4.69, 9.17) is 46.0 Å². The van der Waals surface area contributed by atoms with Gasteiger partial charge in [0.15, 0.2) is 23.0 Å². The summed E-state index contributed by atoms with van der Waals surface area (Å²) in [4.78, 5) is 156. The molecule has 0 fully saturated rings. The molecule has 9 amide bonds. The number of carbonyl (C=O) groups is 10. The first-order valence-corrected chi connectivity index (χ1v) is 39.9. The lowest BCUT2D eigenvalue weighted by Gasteiger charge is -2.33. The predicted molar refractivity (Wildman–Crippen MR) is 415 cm³/mol. The molecule has 2 aliphatic heterocycles. The first kappa shape index (κ1) is 88.3. The number of nitrogens with one attached hydrogen (secondary N) is 2. The summed E-state index contributed by atoms with van der Waals surface area (Å²) in [7, 11) is -2.49. The summed E-state index contributed by atoms with van der Waals surface area (Å²) in [5.41, 5.74) is 20.7. The molecular weight excluding hydrogens is 1470 g/mol. The Morgan fingerprint density at radius 3 is 1.25 bits per heavy atom. The van der Waals surface area contributed by atoms with Crippen molar-refractivity contribution in [3.63, 3.8) is 0 Å². The molecule has 34 heteroatoms. The van der Waals surface area contributed by atoms with E-state index in [9.17, 15) is 37.5 Å². The Bertz CT molecular complexity index is 3980. The maximum Gasteiger partial charge on any atom is 0.326 e. The van der Waals surface area contributed by atoms with E-state index in [1.807, 2.05) is 30.3 Å². The van der Waals surface area contributed by atoms with Gasteiger partial charge in [-0.1, -0.05) is 84.9 Å². The Hall–Kier alpha value is -9.94. The third-order valence-corrected chi connectivity index (χ3v) is 19.9. The fraction of sp³-hybridized carbons (Fsp3) is 0.481. The zero-order valence-electron chi connectivity index (χ0n) is 63.3. The van der Waals surface area contributed by atoms with Crippen molar-refractivity contribution in [2.24, 2.45) is 22.3 Å². The van der Waals surface area contributed by atoms with Crippen LogP contribution in [0.5, 0.6) is 23.0 Å². The van der Waals surface area contributed by atoms with Gasteiger partial charge in [0.05, 0.1) is 50.8 Å². The second kappa shape index (κ2) is 46.7. The average molecular weight is 1580 g/mol. The number of primary sulfonamides is 1. The Labute approximate surface area is 652 Å². The minimum atomic E-state index is -4.01. The molecule has 0 spiro atoms. The van der Waals surface area contributed by atoms with Gasteiger partial charge in [0, 0.05) is 66.0 Å². The van der Waals surface area contributed by atoms with Crippen LogP contribution in [0.15, 0.2) is 126 Å². The van der Waals surface area contributed by atoms with Crippen LogP contribution >= 0.6 is 11.8 Å². The maximum atomic E-state index is 15.6. The fourth-order valence-electron chi connectivity index (χ4n) is 12.1. The van der Waals surface area contributed by atoms with Crippen LogP contribution < -0.4 is 51.9 Å². The summed E-state index contributed by atoms with van der Waals surface area (Å²) >= 11 is 1.41. The number of methoxy groups -OCH3 is 1.